The molecule has 3 rings (SSSR count). The first-order chi connectivity index (χ1) is 7.29. The van der Waals surface area contributed by atoms with Crippen LogP contribution in [0.4, 0.5) is 0 Å². The summed E-state index contributed by atoms with van der Waals surface area (Å²) in [5.74, 6) is 0.696. The third kappa shape index (κ3) is 1.27. The molecule has 2 aliphatic carbocycles. The fourth-order valence-electron chi connectivity index (χ4n) is 3.32. The third-order valence-corrected chi connectivity index (χ3v) is 4.18. The summed E-state index contributed by atoms with van der Waals surface area (Å²) in [6.45, 7) is 6.26. The molecule has 0 nitrogen and oxygen atoms in total. The summed E-state index contributed by atoms with van der Waals surface area (Å²) in [7, 11) is 0. The Morgan fingerprint density at radius 3 is 2.87 bits per heavy atom. The van der Waals surface area contributed by atoms with E-state index in [-0.39, 0.29) is 0 Å². The van der Waals surface area contributed by atoms with E-state index in [4.69, 9.17) is 0 Å². The van der Waals surface area contributed by atoms with E-state index in [1.54, 1.807) is 27.8 Å². The predicted molar refractivity (Wildman–Crippen MR) is 64.3 cm³/mol. The number of benzene rings is 1. The van der Waals surface area contributed by atoms with Crippen LogP contribution >= 0.6 is 0 Å². The van der Waals surface area contributed by atoms with Crippen molar-refractivity contribution in [2.24, 2.45) is 5.92 Å². The fraction of sp³-hybridized carbons (Fsp3) is 0.467. The highest BCUT2D eigenvalue weighted by atomic mass is 14.3. The van der Waals surface area contributed by atoms with Crippen molar-refractivity contribution in [3.05, 3.63) is 46.5 Å². The second-order valence-corrected chi connectivity index (χ2v) is 5.03. The van der Waals surface area contributed by atoms with Crippen LogP contribution in [0.25, 0.3) is 0 Å². The maximum atomic E-state index is 3.93. The van der Waals surface area contributed by atoms with Gasteiger partial charge >= 0.3 is 0 Å². The molecule has 2 aliphatic rings. The van der Waals surface area contributed by atoms with Gasteiger partial charge in [-0.25, -0.2) is 0 Å². The van der Waals surface area contributed by atoms with Crippen molar-refractivity contribution in [2.75, 3.05) is 0 Å². The van der Waals surface area contributed by atoms with Crippen molar-refractivity contribution < 1.29 is 0 Å². The van der Waals surface area contributed by atoms with E-state index in [1.165, 1.54) is 32.1 Å². The molecule has 0 unspecified atom stereocenters. The van der Waals surface area contributed by atoms with Crippen LogP contribution < -0.4 is 0 Å². The van der Waals surface area contributed by atoms with Crippen LogP contribution in [-0.4, -0.2) is 0 Å². The summed E-state index contributed by atoms with van der Waals surface area (Å²) < 4.78 is 0. The number of fused-ring (bicyclic) bond motifs is 2. The molecule has 0 fully saturated rings. The summed E-state index contributed by atoms with van der Waals surface area (Å²) in [5.41, 5.74) is 8.15. The summed E-state index contributed by atoms with van der Waals surface area (Å²) in [6.07, 6.45) is 8.58. The summed E-state index contributed by atoms with van der Waals surface area (Å²) in [6, 6.07) is 2.48. The Morgan fingerprint density at radius 1 is 1.20 bits per heavy atom. The lowest BCUT2D eigenvalue weighted by Gasteiger charge is -2.10. The molecule has 1 aromatic carbocycles. The van der Waals surface area contributed by atoms with Gasteiger partial charge in [-0.1, -0.05) is 12.1 Å². The Morgan fingerprint density at radius 2 is 2.07 bits per heavy atom. The lowest BCUT2D eigenvalue weighted by atomic mass is 9.95. The minimum absolute atomic E-state index is 0.696. The largest absolute Gasteiger partial charge is 0.103 e. The van der Waals surface area contributed by atoms with Gasteiger partial charge in [-0.15, -0.1) is 6.58 Å². The zero-order valence-electron chi connectivity index (χ0n) is 9.47. The van der Waals surface area contributed by atoms with Gasteiger partial charge in [0.2, 0.25) is 0 Å². The van der Waals surface area contributed by atoms with Gasteiger partial charge in [0.05, 0.1) is 0 Å². The molecule has 0 spiro atoms. The first kappa shape index (κ1) is 9.21. The van der Waals surface area contributed by atoms with E-state index < -0.39 is 0 Å². The highest BCUT2D eigenvalue weighted by Crippen LogP contribution is 2.36. The van der Waals surface area contributed by atoms with Crippen LogP contribution in [0, 0.1) is 12.8 Å². The number of hydrogen-bond donors (Lipinski definition) is 0. The van der Waals surface area contributed by atoms with E-state index in [9.17, 15) is 0 Å². The van der Waals surface area contributed by atoms with E-state index in [2.05, 4.69) is 25.6 Å². The molecule has 0 radical (unpaired) electrons. The maximum absolute atomic E-state index is 3.93. The zero-order valence-corrected chi connectivity index (χ0v) is 9.47. The molecule has 0 heterocycles. The smallest absolute Gasteiger partial charge is 0.0155 e. The van der Waals surface area contributed by atoms with Crippen molar-refractivity contribution in [2.45, 2.75) is 39.0 Å². The molecule has 1 atom stereocenters. The second-order valence-electron chi connectivity index (χ2n) is 5.03. The Labute approximate surface area is 92.0 Å². The summed E-state index contributed by atoms with van der Waals surface area (Å²) in [5, 5.41) is 0. The summed E-state index contributed by atoms with van der Waals surface area (Å²) in [4.78, 5) is 0. The number of rotatable bonds is 1. The molecule has 1 aromatic rings. The fourth-order valence-corrected chi connectivity index (χ4v) is 3.32. The van der Waals surface area contributed by atoms with Crippen LogP contribution in [0.5, 0.6) is 0 Å². The van der Waals surface area contributed by atoms with E-state index >= 15 is 0 Å². The monoisotopic (exact) mass is 198 g/mol. The Hall–Kier alpha value is -1.04. The van der Waals surface area contributed by atoms with E-state index in [0.717, 1.165) is 0 Å². The van der Waals surface area contributed by atoms with Crippen molar-refractivity contribution in [3.63, 3.8) is 0 Å². The minimum atomic E-state index is 0.696. The van der Waals surface area contributed by atoms with E-state index in [0.29, 0.717) is 5.92 Å². The quantitative estimate of drug-likeness (QED) is 0.607. The first-order valence-electron chi connectivity index (χ1n) is 6.05. The molecular weight excluding hydrogens is 180 g/mol. The molecule has 78 valence electrons. The van der Waals surface area contributed by atoms with Crippen molar-refractivity contribution >= 4 is 0 Å². The van der Waals surface area contributed by atoms with Crippen LogP contribution in [-0.2, 0) is 25.7 Å². The van der Waals surface area contributed by atoms with Gasteiger partial charge in [-0.3, -0.25) is 0 Å². The topological polar surface area (TPSA) is 0 Å². The maximum Gasteiger partial charge on any atom is -0.0155 e. The average molecular weight is 198 g/mol. The van der Waals surface area contributed by atoms with Crippen LogP contribution in [0.15, 0.2) is 18.7 Å². The van der Waals surface area contributed by atoms with Gasteiger partial charge in [0.25, 0.3) is 0 Å². The van der Waals surface area contributed by atoms with Crippen molar-refractivity contribution in [1.29, 1.82) is 0 Å². The molecule has 0 heteroatoms. The van der Waals surface area contributed by atoms with E-state index in [1.807, 2.05) is 0 Å². The minimum Gasteiger partial charge on any atom is -0.103 e. The zero-order chi connectivity index (χ0) is 10.4. The van der Waals surface area contributed by atoms with Gasteiger partial charge in [0.15, 0.2) is 0 Å². The molecular formula is C15H18. The lowest BCUT2D eigenvalue weighted by Crippen LogP contribution is -1.96. The number of aryl methyl sites for hydroxylation is 1. The molecule has 0 saturated carbocycles. The molecule has 0 saturated heterocycles. The Balaban J connectivity index is 2.12. The first-order valence-corrected chi connectivity index (χ1v) is 6.05. The van der Waals surface area contributed by atoms with Gasteiger partial charge in [-0.2, -0.15) is 0 Å². The van der Waals surface area contributed by atoms with Crippen LogP contribution in [0.3, 0.4) is 0 Å². The third-order valence-electron chi connectivity index (χ3n) is 4.18. The van der Waals surface area contributed by atoms with Gasteiger partial charge in [0, 0.05) is 0 Å². The van der Waals surface area contributed by atoms with Gasteiger partial charge in [0.1, 0.15) is 0 Å². The molecule has 0 amide bonds. The molecule has 0 N–H and O–H groups in total. The normalized spacial score (nSPS) is 22.6. The Kier molecular flexibility index (Phi) is 1.98. The van der Waals surface area contributed by atoms with Crippen molar-refractivity contribution in [3.8, 4) is 0 Å². The van der Waals surface area contributed by atoms with Gasteiger partial charge < -0.3 is 0 Å². The molecule has 15 heavy (non-hydrogen) atoms. The van der Waals surface area contributed by atoms with Gasteiger partial charge in [-0.05, 0) is 72.8 Å². The SMILES string of the molecule is C=C[C@H]1Cc2cc3c(c(C)c2C1)CCC3. The standard InChI is InChI=1S/C15H18/c1-3-11-7-13-9-12-5-4-6-14(12)10(2)15(13)8-11/h3,9,11H,1,4-8H2,2H3/t11-/m0/s1. The highest BCUT2D eigenvalue weighted by molar-refractivity contribution is 5.50. The Bertz CT molecular complexity index is 426. The average Bonchev–Trinajstić information content (AvgIpc) is 2.83. The molecule has 0 aromatic heterocycles. The van der Waals surface area contributed by atoms with Crippen molar-refractivity contribution in [1.82, 2.24) is 0 Å². The highest BCUT2D eigenvalue weighted by Gasteiger charge is 2.25. The molecule has 0 bridgehead atoms. The summed E-state index contributed by atoms with van der Waals surface area (Å²) >= 11 is 0. The molecule has 0 aliphatic heterocycles. The lowest BCUT2D eigenvalue weighted by molar-refractivity contribution is 0.704. The second kappa shape index (κ2) is 3.23. The number of allylic oxidation sites excluding steroid dienone is 1. The van der Waals surface area contributed by atoms with Crippen LogP contribution in [0.2, 0.25) is 0 Å². The van der Waals surface area contributed by atoms with Crippen LogP contribution in [0.1, 0.15) is 34.2 Å². The predicted octanol–water partition coefficient (Wildman–Crippen LogP) is 3.38. The number of hydrogen-bond acceptors (Lipinski definition) is 0.